The molecule has 22 heavy (non-hydrogen) atoms. The minimum Gasteiger partial charge on any atom is -0.374 e. The van der Waals surface area contributed by atoms with Gasteiger partial charge in [0.25, 0.3) is 0 Å². The second-order valence-electron chi connectivity index (χ2n) is 5.37. The van der Waals surface area contributed by atoms with Gasteiger partial charge in [0, 0.05) is 26.3 Å². The van der Waals surface area contributed by atoms with Gasteiger partial charge in [0.15, 0.2) is 0 Å². The smallest absolute Gasteiger partial charge is 0.374 e. The van der Waals surface area contributed by atoms with Crippen molar-refractivity contribution >= 4 is 11.7 Å². The third kappa shape index (κ3) is 2.72. The minimum absolute atomic E-state index is 0.0204. The van der Waals surface area contributed by atoms with E-state index in [2.05, 4.69) is 9.97 Å². The van der Waals surface area contributed by atoms with Crippen LogP contribution >= 0.6 is 0 Å². The number of anilines is 1. The van der Waals surface area contributed by atoms with Crippen LogP contribution in [-0.2, 0) is 15.7 Å². The number of halogens is 3. The summed E-state index contributed by atoms with van der Waals surface area (Å²) in [6.45, 7) is 1.12. The van der Waals surface area contributed by atoms with Crippen LogP contribution in [0.4, 0.5) is 19.0 Å². The minimum atomic E-state index is -4.58. The van der Waals surface area contributed by atoms with Crippen LogP contribution in [0.15, 0.2) is 12.3 Å². The summed E-state index contributed by atoms with van der Waals surface area (Å²) in [7, 11) is 1.69. The van der Waals surface area contributed by atoms with Crippen molar-refractivity contribution < 1.29 is 22.7 Å². The average molecular weight is 316 g/mol. The molecule has 6 nitrogen and oxygen atoms in total. The Balaban J connectivity index is 1.82. The summed E-state index contributed by atoms with van der Waals surface area (Å²) in [5, 5.41) is 0. The molecule has 1 aromatic rings. The molecule has 1 aromatic heterocycles. The van der Waals surface area contributed by atoms with Crippen molar-refractivity contribution in [3.8, 4) is 0 Å². The zero-order valence-electron chi connectivity index (χ0n) is 11.9. The first kappa shape index (κ1) is 15.0. The third-order valence-electron chi connectivity index (χ3n) is 3.99. The number of amides is 1. The average Bonchev–Trinajstić information content (AvgIpc) is 2.84. The SMILES string of the molecule is CN1C(=O)CCO[C@H]2CN(c3ccnc(C(F)(F)F)n3)C[C@@H]21. The summed E-state index contributed by atoms with van der Waals surface area (Å²) in [6, 6.07) is 1.25. The molecule has 3 heterocycles. The van der Waals surface area contributed by atoms with E-state index in [-0.39, 0.29) is 23.9 Å². The number of ether oxygens (including phenoxy) is 1. The number of carbonyl (C=O) groups excluding carboxylic acids is 1. The topological polar surface area (TPSA) is 58.6 Å². The predicted octanol–water partition coefficient (Wildman–Crippen LogP) is 0.931. The molecule has 1 amide bonds. The fourth-order valence-corrected chi connectivity index (χ4v) is 2.80. The van der Waals surface area contributed by atoms with Crippen molar-refractivity contribution in [1.82, 2.24) is 14.9 Å². The van der Waals surface area contributed by atoms with Crippen molar-refractivity contribution in [2.45, 2.75) is 24.7 Å². The lowest BCUT2D eigenvalue weighted by Crippen LogP contribution is -2.42. The summed E-state index contributed by atoms with van der Waals surface area (Å²) in [5.41, 5.74) is 0. The number of nitrogens with zero attached hydrogens (tertiary/aromatic N) is 4. The fourth-order valence-electron chi connectivity index (χ4n) is 2.80. The Bertz CT molecular complexity index is 581. The van der Waals surface area contributed by atoms with E-state index in [9.17, 15) is 18.0 Å². The zero-order valence-corrected chi connectivity index (χ0v) is 11.9. The van der Waals surface area contributed by atoms with Gasteiger partial charge in [-0.05, 0) is 6.07 Å². The Labute approximate surface area is 124 Å². The lowest BCUT2D eigenvalue weighted by molar-refractivity contribution is -0.144. The van der Waals surface area contributed by atoms with E-state index in [0.717, 1.165) is 6.20 Å². The molecule has 2 atom stereocenters. The lowest BCUT2D eigenvalue weighted by Gasteiger charge is -2.25. The van der Waals surface area contributed by atoms with Crippen LogP contribution < -0.4 is 4.90 Å². The van der Waals surface area contributed by atoms with Crippen LogP contribution in [0.5, 0.6) is 0 Å². The molecule has 3 rings (SSSR count). The van der Waals surface area contributed by atoms with Gasteiger partial charge in [0.1, 0.15) is 5.82 Å². The van der Waals surface area contributed by atoms with Gasteiger partial charge < -0.3 is 14.5 Å². The van der Waals surface area contributed by atoms with Gasteiger partial charge in [0.05, 0.1) is 25.2 Å². The maximum absolute atomic E-state index is 12.7. The van der Waals surface area contributed by atoms with Gasteiger partial charge in [-0.15, -0.1) is 0 Å². The highest BCUT2D eigenvalue weighted by Gasteiger charge is 2.41. The molecule has 0 aromatic carbocycles. The first-order valence-electron chi connectivity index (χ1n) is 6.88. The molecule has 0 unspecified atom stereocenters. The van der Waals surface area contributed by atoms with Crippen molar-refractivity contribution in [2.24, 2.45) is 0 Å². The van der Waals surface area contributed by atoms with Crippen LogP contribution in [0.3, 0.4) is 0 Å². The van der Waals surface area contributed by atoms with Crippen LogP contribution in [-0.4, -0.2) is 59.7 Å². The van der Waals surface area contributed by atoms with Crippen molar-refractivity contribution in [3.63, 3.8) is 0 Å². The number of carbonyl (C=O) groups is 1. The van der Waals surface area contributed by atoms with E-state index < -0.39 is 12.0 Å². The quantitative estimate of drug-likeness (QED) is 0.771. The van der Waals surface area contributed by atoms with E-state index in [1.807, 2.05) is 0 Å². The van der Waals surface area contributed by atoms with Crippen molar-refractivity contribution in [1.29, 1.82) is 0 Å². The normalized spacial score (nSPS) is 26.1. The zero-order chi connectivity index (χ0) is 15.9. The Kier molecular flexibility index (Phi) is 3.67. The Hall–Kier alpha value is -1.90. The summed E-state index contributed by atoms with van der Waals surface area (Å²) < 4.78 is 43.7. The molecule has 2 aliphatic rings. The van der Waals surface area contributed by atoms with Gasteiger partial charge in [-0.3, -0.25) is 4.79 Å². The molecule has 0 aliphatic carbocycles. The van der Waals surface area contributed by atoms with Gasteiger partial charge in [0.2, 0.25) is 11.7 Å². The van der Waals surface area contributed by atoms with Crippen LogP contribution in [0.25, 0.3) is 0 Å². The van der Waals surface area contributed by atoms with Gasteiger partial charge in [-0.2, -0.15) is 13.2 Å². The lowest BCUT2D eigenvalue weighted by atomic mass is 10.2. The van der Waals surface area contributed by atoms with Gasteiger partial charge >= 0.3 is 6.18 Å². The highest BCUT2D eigenvalue weighted by molar-refractivity contribution is 5.77. The van der Waals surface area contributed by atoms with Gasteiger partial charge in [-0.1, -0.05) is 0 Å². The van der Waals surface area contributed by atoms with E-state index in [0.29, 0.717) is 26.1 Å². The van der Waals surface area contributed by atoms with E-state index in [1.54, 1.807) is 16.8 Å². The highest BCUT2D eigenvalue weighted by Crippen LogP contribution is 2.29. The number of aromatic nitrogens is 2. The molecule has 0 saturated carbocycles. The first-order valence-corrected chi connectivity index (χ1v) is 6.88. The van der Waals surface area contributed by atoms with Crippen LogP contribution in [0.2, 0.25) is 0 Å². The number of likely N-dealkylation sites (N-methyl/N-ethyl adjacent to an activating group) is 1. The molecule has 0 radical (unpaired) electrons. The Morgan fingerprint density at radius 2 is 2.14 bits per heavy atom. The largest absolute Gasteiger partial charge is 0.451 e. The molecular weight excluding hydrogens is 301 g/mol. The molecule has 2 saturated heterocycles. The first-order chi connectivity index (χ1) is 10.4. The number of rotatable bonds is 1. The highest BCUT2D eigenvalue weighted by atomic mass is 19.4. The van der Waals surface area contributed by atoms with E-state index >= 15 is 0 Å². The number of hydrogen-bond acceptors (Lipinski definition) is 5. The fraction of sp³-hybridized carbons (Fsp3) is 0.615. The van der Waals surface area contributed by atoms with Crippen molar-refractivity contribution in [3.05, 3.63) is 18.1 Å². The molecule has 120 valence electrons. The summed E-state index contributed by atoms with van der Waals surface area (Å²) in [6.07, 6.45) is -3.38. The molecule has 2 aliphatic heterocycles. The number of alkyl halides is 3. The number of fused-ring (bicyclic) bond motifs is 1. The van der Waals surface area contributed by atoms with Crippen LogP contribution in [0, 0.1) is 0 Å². The molecule has 9 heteroatoms. The van der Waals surface area contributed by atoms with E-state index in [1.165, 1.54) is 6.07 Å². The molecular formula is C13H15F3N4O2. The predicted molar refractivity (Wildman–Crippen MR) is 70.2 cm³/mol. The molecule has 0 N–H and O–H groups in total. The Morgan fingerprint density at radius 1 is 1.36 bits per heavy atom. The van der Waals surface area contributed by atoms with Crippen LogP contribution in [0.1, 0.15) is 12.2 Å². The summed E-state index contributed by atoms with van der Waals surface area (Å²) >= 11 is 0. The standard InChI is InChI=1S/C13H15F3N4O2/c1-19-8-6-20(7-9(8)22-5-3-11(19)21)10-2-4-17-12(18-10)13(14,15)16/h2,4,8-9H,3,5-7H2,1H3/t8-,9-/m0/s1. The molecule has 0 bridgehead atoms. The maximum atomic E-state index is 12.7. The summed E-state index contributed by atoms with van der Waals surface area (Å²) in [5.74, 6) is -0.990. The monoisotopic (exact) mass is 316 g/mol. The Morgan fingerprint density at radius 3 is 2.86 bits per heavy atom. The van der Waals surface area contributed by atoms with Crippen molar-refractivity contribution in [2.75, 3.05) is 31.6 Å². The number of hydrogen-bond donors (Lipinski definition) is 0. The maximum Gasteiger partial charge on any atom is 0.451 e. The second-order valence-corrected chi connectivity index (χ2v) is 5.37. The molecule has 2 fully saturated rings. The summed E-state index contributed by atoms with van der Waals surface area (Å²) in [4.78, 5) is 22.0. The second kappa shape index (κ2) is 5.38. The van der Waals surface area contributed by atoms with Gasteiger partial charge in [-0.25, -0.2) is 9.97 Å². The third-order valence-corrected chi connectivity index (χ3v) is 3.99. The molecule has 0 spiro atoms. The van der Waals surface area contributed by atoms with E-state index in [4.69, 9.17) is 4.74 Å².